The summed E-state index contributed by atoms with van der Waals surface area (Å²) in [6.45, 7) is 3.39. The van der Waals surface area contributed by atoms with Crippen molar-refractivity contribution in [3.05, 3.63) is 70.8 Å². The molecule has 3 rings (SSSR count). The first-order valence-electron chi connectivity index (χ1n) is 7.93. The van der Waals surface area contributed by atoms with Gasteiger partial charge in [-0.25, -0.2) is 0 Å². The Balaban J connectivity index is 2.04. The molecule has 0 bridgehead atoms. The molecular weight excluding hydrogens is 272 g/mol. The Morgan fingerprint density at radius 2 is 1.45 bits per heavy atom. The Bertz CT molecular complexity index is 623. The molecule has 2 heteroatoms. The first kappa shape index (κ1) is 15.0. The predicted molar refractivity (Wildman–Crippen MR) is 90.5 cm³/mol. The van der Waals surface area contributed by atoms with Gasteiger partial charge in [0, 0.05) is 13.2 Å². The van der Waals surface area contributed by atoms with Crippen molar-refractivity contribution in [2.75, 3.05) is 13.2 Å². The molecule has 0 saturated carbocycles. The monoisotopic (exact) mass is 294 g/mol. The van der Waals surface area contributed by atoms with Gasteiger partial charge >= 0.3 is 0 Å². The van der Waals surface area contributed by atoms with Crippen LogP contribution in [0.4, 0.5) is 0 Å². The molecule has 0 spiro atoms. The second-order valence-electron chi connectivity index (χ2n) is 5.67. The van der Waals surface area contributed by atoms with Crippen LogP contribution in [0.25, 0.3) is 12.2 Å². The van der Waals surface area contributed by atoms with Crippen LogP contribution >= 0.6 is 0 Å². The summed E-state index contributed by atoms with van der Waals surface area (Å²) < 4.78 is 5.45. The smallest absolute Gasteiger partial charge is 0.116 e. The molecule has 114 valence electrons. The summed E-state index contributed by atoms with van der Waals surface area (Å²) in [5.74, 6) is 0. The molecule has 0 atom stereocenters. The summed E-state index contributed by atoms with van der Waals surface area (Å²) in [5.41, 5.74) is 3.16. The van der Waals surface area contributed by atoms with Crippen molar-refractivity contribution in [1.29, 1.82) is 0 Å². The van der Waals surface area contributed by atoms with Crippen LogP contribution in [-0.4, -0.2) is 18.3 Å². The lowest BCUT2D eigenvalue weighted by Gasteiger charge is -2.31. The lowest BCUT2D eigenvalue weighted by atomic mass is 9.80. The van der Waals surface area contributed by atoms with Crippen LogP contribution < -0.4 is 0 Å². The fourth-order valence-corrected chi connectivity index (χ4v) is 3.21. The normalized spacial score (nSPS) is 15.0. The Kier molecular flexibility index (Phi) is 4.41. The van der Waals surface area contributed by atoms with Crippen LogP contribution in [0.3, 0.4) is 0 Å². The van der Waals surface area contributed by atoms with E-state index in [0.717, 1.165) is 28.7 Å². The third-order valence-corrected chi connectivity index (χ3v) is 4.29. The molecule has 1 aliphatic carbocycles. The van der Waals surface area contributed by atoms with Crippen LogP contribution in [0.2, 0.25) is 0 Å². The van der Waals surface area contributed by atoms with Gasteiger partial charge in [0.25, 0.3) is 0 Å². The van der Waals surface area contributed by atoms with E-state index in [0.29, 0.717) is 19.6 Å². The van der Waals surface area contributed by atoms with E-state index in [1.54, 1.807) is 0 Å². The van der Waals surface area contributed by atoms with Gasteiger partial charge in [-0.3, -0.25) is 0 Å². The molecule has 0 radical (unpaired) electrons. The lowest BCUT2D eigenvalue weighted by molar-refractivity contribution is 0.0534. The standard InChI is InChI=1S/C20H22O2/c1-2-22-15-7-14-20(21)18-10-5-3-8-16(18)12-13-17-9-4-6-11-19(17)20/h3-6,8-13,21H,2,7,14-15H2,1H3. The van der Waals surface area contributed by atoms with Crippen LogP contribution in [0.5, 0.6) is 0 Å². The molecule has 0 amide bonds. The zero-order valence-electron chi connectivity index (χ0n) is 13.0. The van der Waals surface area contributed by atoms with Crippen molar-refractivity contribution in [3.8, 4) is 0 Å². The second-order valence-corrected chi connectivity index (χ2v) is 5.67. The van der Waals surface area contributed by atoms with E-state index in [1.807, 2.05) is 43.3 Å². The molecule has 2 nitrogen and oxygen atoms in total. The van der Waals surface area contributed by atoms with E-state index in [1.165, 1.54) is 0 Å². The second kappa shape index (κ2) is 6.47. The Morgan fingerprint density at radius 1 is 0.909 bits per heavy atom. The number of hydrogen-bond acceptors (Lipinski definition) is 2. The fourth-order valence-electron chi connectivity index (χ4n) is 3.21. The van der Waals surface area contributed by atoms with E-state index < -0.39 is 5.60 Å². The Labute approximate surface area is 132 Å². The zero-order chi connectivity index (χ0) is 15.4. The van der Waals surface area contributed by atoms with Crippen LogP contribution in [0, 0.1) is 0 Å². The molecule has 2 aromatic rings. The van der Waals surface area contributed by atoms with Crippen molar-refractivity contribution >= 4 is 12.2 Å². The first-order chi connectivity index (χ1) is 10.8. The molecule has 0 aromatic heterocycles. The van der Waals surface area contributed by atoms with Gasteiger partial charge in [0.15, 0.2) is 0 Å². The SMILES string of the molecule is CCOCCCC1(O)c2ccccc2C=Cc2ccccc21. The minimum Gasteiger partial charge on any atom is -0.382 e. The fraction of sp³-hybridized carbons (Fsp3) is 0.300. The third kappa shape index (κ3) is 2.72. The molecule has 0 saturated heterocycles. The van der Waals surface area contributed by atoms with Gasteiger partial charge in [-0.2, -0.15) is 0 Å². The largest absolute Gasteiger partial charge is 0.382 e. The number of ether oxygens (including phenoxy) is 1. The highest BCUT2D eigenvalue weighted by molar-refractivity contribution is 5.77. The van der Waals surface area contributed by atoms with E-state index in [4.69, 9.17) is 4.74 Å². The van der Waals surface area contributed by atoms with Gasteiger partial charge in [0.2, 0.25) is 0 Å². The summed E-state index contributed by atoms with van der Waals surface area (Å²) in [7, 11) is 0. The number of aliphatic hydroxyl groups is 1. The molecular formula is C20H22O2. The average Bonchev–Trinajstić information content (AvgIpc) is 2.68. The summed E-state index contributed by atoms with van der Waals surface area (Å²) >= 11 is 0. The van der Waals surface area contributed by atoms with Gasteiger partial charge in [-0.15, -0.1) is 0 Å². The maximum atomic E-state index is 11.6. The minimum absolute atomic E-state index is 0.655. The van der Waals surface area contributed by atoms with Crippen LogP contribution in [0.15, 0.2) is 48.5 Å². The van der Waals surface area contributed by atoms with Gasteiger partial charge in [0.1, 0.15) is 5.60 Å². The Morgan fingerprint density at radius 3 is 2.00 bits per heavy atom. The van der Waals surface area contributed by atoms with E-state index in [-0.39, 0.29) is 0 Å². The number of rotatable bonds is 5. The van der Waals surface area contributed by atoms with Crippen molar-refractivity contribution < 1.29 is 9.84 Å². The molecule has 1 N–H and O–H groups in total. The highest BCUT2D eigenvalue weighted by atomic mass is 16.5. The highest BCUT2D eigenvalue weighted by Crippen LogP contribution is 2.40. The van der Waals surface area contributed by atoms with Crippen molar-refractivity contribution in [3.63, 3.8) is 0 Å². The minimum atomic E-state index is -0.964. The quantitative estimate of drug-likeness (QED) is 0.837. The first-order valence-corrected chi connectivity index (χ1v) is 7.93. The van der Waals surface area contributed by atoms with Gasteiger partial charge in [-0.05, 0) is 42.0 Å². The van der Waals surface area contributed by atoms with Crippen molar-refractivity contribution in [2.45, 2.75) is 25.4 Å². The maximum Gasteiger partial charge on any atom is 0.116 e. The number of hydrogen-bond donors (Lipinski definition) is 1. The summed E-state index contributed by atoms with van der Waals surface area (Å²) in [6, 6.07) is 16.2. The van der Waals surface area contributed by atoms with Gasteiger partial charge < -0.3 is 9.84 Å². The molecule has 0 heterocycles. The van der Waals surface area contributed by atoms with Crippen molar-refractivity contribution in [1.82, 2.24) is 0 Å². The van der Waals surface area contributed by atoms with Crippen molar-refractivity contribution in [2.24, 2.45) is 0 Å². The summed E-state index contributed by atoms with van der Waals surface area (Å²) in [5, 5.41) is 11.6. The molecule has 22 heavy (non-hydrogen) atoms. The van der Waals surface area contributed by atoms with Gasteiger partial charge in [-0.1, -0.05) is 60.7 Å². The van der Waals surface area contributed by atoms with E-state index in [9.17, 15) is 5.11 Å². The molecule has 0 fully saturated rings. The van der Waals surface area contributed by atoms with Crippen LogP contribution in [0.1, 0.15) is 42.0 Å². The molecule has 0 aliphatic heterocycles. The van der Waals surface area contributed by atoms with Gasteiger partial charge in [0.05, 0.1) is 0 Å². The van der Waals surface area contributed by atoms with E-state index >= 15 is 0 Å². The maximum absolute atomic E-state index is 11.6. The summed E-state index contributed by atoms with van der Waals surface area (Å²) in [6.07, 6.45) is 5.67. The summed E-state index contributed by atoms with van der Waals surface area (Å²) in [4.78, 5) is 0. The lowest BCUT2D eigenvalue weighted by Crippen LogP contribution is -2.29. The third-order valence-electron chi connectivity index (χ3n) is 4.29. The average molecular weight is 294 g/mol. The molecule has 0 unspecified atom stereocenters. The van der Waals surface area contributed by atoms with E-state index in [2.05, 4.69) is 24.3 Å². The topological polar surface area (TPSA) is 29.5 Å². The number of fused-ring (bicyclic) bond motifs is 2. The molecule has 2 aromatic carbocycles. The number of benzene rings is 2. The Hall–Kier alpha value is -1.90. The molecule has 1 aliphatic rings. The predicted octanol–water partition coefficient (Wildman–Crippen LogP) is 4.22. The highest BCUT2D eigenvalue weighted by Gasteiger charge is 2.35. The van der Waals surface area contributed by atoms with Crippen LogP contribution in [-0.2, 0) is 10.3 Å². The zero-order valence-corrected chi connectivity index (χ0v) is 13.0.